The second-order valence-electron chi connectivity index (χ2n) is 6.12. The molecule has 4 N–H and O–H groups in total. The third kappa shape index (κ3) is 3.64. The van der Waals surface area contributed by atoms with Crippen molar-refractivity contribution in [2.45, 2.75) is 13.0 Å². The molecule has 1 fully saturated rings. The molecule has 3 aromatic heterocycles. The summed E-state index contributed by atoms with van der Waals surface area (Å²) in [7, 11) is 0. The summed E-state index contributed by atoms with van der Waals surface area (Å²) in [5, 5.41) is 16.0. The lowest BCUT2D eigenvalue weighted by Crippen LogP contribution is -2.36. The molecule has 4 heterocycles. The van der Waals surface area contributed by atoms with E-state index in [0.29, 0.717) is 12.4 Å². The number of carbonyl (C=O) groups excluding carboxylic acids is 2. The van der Waals surface area contributed by atoms with Gasteiger partial charge in [-0.1, -0.05) is 0 Å². The summed E-state index contributed by atoms with van der Waals surface area (Å²) >= 11 is 0. The van der Waals surface area contributed by atoms with E-state index in [1.165, 1.54) is 0 Å². The highest BCUT2D eigenvalue weighted by Crippen LogP contribution is 2.26. The van der Waals surface area contributed by atoms with Crippen molar-refractivity contribution in [3.63, 3.8) is 0 Å². The fraction of sp³-hybridized carbons (Fsp3) is 0.235. The van der Waals surface area contributed by atoms with Crippen LogP contribution in [-0.4, -0.2) is 51.5 Å². The molecule has 138 valence electrons. The summed E-state index contributed by atoms with van der Waals surface area (Å²) in [5.41, 5.74) is 3.36. The maximum Gasteiger partial charge on any atom is 0.407 e. The van der Waals surface area contributed by atoms with Crippen LogP contribution in [0.3, 0.4) is 0 Å². The van der Waals surface area contributed by atoms with Gasteiger partial charge in [0.25, 0.3) is 0 Å². The Bertz CT molecular complexity index is 1020. The predicted octanol–water partition coefficient (Wildman–Crippen LogP) is 1.56. The summed E-state index contributed by atoms with van der Waals surface area (Å²) in [4.78, 5) is 31.4. The van der Waals surface area contributed by atoms with Gasteiger partial charge < -0.3 is 15.4 Å². The number of aryl methyl sites for hydroxylation is 1. The first-order chi connectivity index (χ1) is 13.1. The molecular weight excluding hydrogens is 350 g/mol. The molecule has 0 saturated carbocycles. The number of hydrogen-bond donors (Lipinski definition) is 4. The van der Waals surface area contributed by atoms with Gasteiger partial charge in [0.15, 0.2) is 0 Å². The summed E-state index contributed by atoms with van der Waals surface area (Å²) < 4.78 is 4.95. The van der Waals surface area contributed by atoms with E-state index in [4.69, 9.17) is 4.74 Å². The zero-order valence-electron chi connectivity index (χ0n) is 14.4. The molecule has 0 bridgehead atoms. The fourth-order valence-electron chi connectivity index (χ4n) is 2.81. The number of anilines is 1. The SMILES string of the molecule is Cc1cc(-c2n[nH]c3cc(NC(=O)NCC4CNC(=O)O4)ncc23)ccn1. The Balaban J connectivity index is 1.44. The number of aromatic nitrogens is 4. The van der Waals surface area contributed by atoms with Crippen LogP contribution in [0.5, 0.6) is 0 Å². The second kappa shape index (κ2) is 6.90. The van der Waals surface area contributed by atoms with Gasteiger partial charge in [-0.2, -0.15) is 5.10 Å². The van der Waals surface area contributed by atoms with E-state index < -0.39 is 12.1 Å². The third-order valence-corrected chi connectivity index (χ3v) is 4.10. The molecule has 0 spiro atoms. The number of ether oxygens (including phenoxy) is 1. The Hall–Kier alpha value is -3.69. The van der Waals surface area contributed by atoms with Crippen molar-refractivity contribution >= 4 is 28.8 Å². The molecule has 0 aliphatic carbocycles. The van der Waals surface area contributed by atoms with Crippen LogP contribution in [0, 0.1) is 6.92 Å². The van der Waals surface area contributed by atoms with E-state index in [0.717, 1.165) is 27.9 Å². The minimum atomic E-state index is -0.478. The predicted molar refractivity (Wildman–Crippen MR) is 97.1 cm³/mol. The van der Waals surface area contributed by atoms with Crippen LogP contribution < -0.4 is 16.0 Å². The molecule has 1 atom stereocenters. The number of amides is 3. The van der Waals surface area contributed by atoms with Crippen molar-refractivity contribution < 1.29 is 14.3 Å². The fourth-order valence-corrected chi connectivity index (χ4v) is 2.81. The monoisotopic (exact) mass is 367 g/mol. The van der Waals surface area contributed by atoms with Crippen molar-refractivity contribution in [1.29, 1.82) is 0 Å². The first kappa shape index (κ1) is 16.8. The van der Waals surface area contributed by atoms with Gasteiger partial charge in [-0.05, 0) is 19.1 Å². The topological polar surface area (TPSA) is 134 Å². The summed E-state index contributed by atoms with van der Waals surface area (Å²) in [6, 6.07) is 5.10. The van der Waals surface area contributed by atoms with Crippen molar-refractivity contribution in [2.24, 2.45) is 0 Å². The second-order valence-corrected chi connectivity index (χ2v) is 6.12. The average Bonchev–Trinajstić information content (AvgIpc) is 3.25. The average molecular weight is 367 g/mol. The molecule has 3 aromatic rings. The summed E-state index contributed by atoms with van der Waals surface area (Å²) in [6.45, 7) is 2.50. The molecule has 1 unspecified atom stereocenters. The molecule has 27 heavy (non-hydrogen) atoms. The van der Waals surface area contributed by atoms with Crippen LogP contribution in [0.2, 0.25) is 0 Å². The lowest BCUT2D eigenvalue weighted by molar-refractivity contribution is 0.140. The highest BCUT2D eigenvalue weighted by molar-refractivity contribution is 5.95. The van der Waals surface area contributed by atoms with Crippen LogP contribution in [-0.2, 0) is 4.74 Å². The number of carbonyl (C=O) groups is 2. The van der Waals surface area contributed by atoms with Gasteiger partial charge in [0.2, 0.25) is 0 Å². The molecular formula is C17H17N7O3. The van der Waals surface area contributed by atoms with E-state index in [9.17, 15) is 9.59 Å². The lowest BCUT2D eigenvalue weighted by atomic mass is 10.1. The summed E-state index contributed by atoms with van der Waals surface area (Å²) in [6.07, 6.45) is 2.53. The Labute approximate surface area is 153 Å². The number of aromatic amines is 1. The van der Waals surface area contributed by atoms with Crippen LogP contribution in [0.4, 0.5) is 15.4 Å². The largest absolute Gasteiger partial charge is 0.442 e. The van der Waals surface area contributed by atoms with E-state index >= 15 is 0 Å². The quantitative estimate of drug-likeness (QED) is 0.553. The maximum atomic E-state index is 12.0. The van der Waals surface area contributed by atoms with Crippen LogP contribution in [0.25, 0.3) is 22.2 Å². The lowest BCUT2D eigenvalue weighted by Gasteiger charge is -2.10. The van der Waals surface area contributed by atoms with Crippen LogP contribution >= 0.6 is 0 Å². The summed E-state index contributed by atoms with van der Waals surface area (Å²) in [5.74, 6) is 0.377. The number of H-pyrrole nitrogens is 1. The first-order valence-corrected chi connectivity index (χ1v) is 8.35. The molecule has 4 rings (SSSR count). The molecule has 0 aromatic carbocycles. The number of fused-ring (bicyclic) bond motifs is 1. The van der Waals surface area contributed by atoms with E-state index in [1.54, 1.807) is 18.5 Å². The zero-order valence-corrected chi connectivity index (χ0v) is 14.4. The number of urea groups is 1. The number of rotatable bonds is 4. The maximum absolute atomic E-state index is 12.0. The van der Waals surface area contributed by atoms with Crippen LogP contribution in [0.15, 0.2) is 30.6 Å². The van der Waals surface area contributed by atoms with E-state index in [2.05, 4.69) is 36.1 Å². The van der Waals surface area contributed by atoms with Gasteiger partial charge in [-0.3, -0.25) is 15.4 Å². The van der Waals surface area contributed by atoms with Gasteiger partial charge >= 0.3 is 12.1 Å². The van der Waals surface area contributed by atoms with E-state index in [-0.39, 0.29) is 12.6 Å². The molecule has 0 radical (unpaired) electrons. The molecule has 3 amide bonds. The zero-order chi connectivity index (χ0) is 18.8. The van der Waals surface area contributed by atoms with Gasteiger partial charge in [0.05, 0.1) is 18.6 Å². The molecule has 10 heteroatoms. The highest BCUT2D eigenvalue weighted by atomic mass is 16.6. The van der Waals surface area contributed by atoms with Crippen molar-refractivity contribution in [2.75, 3.05) is 18.4 Å². The minimum absolute atomic E-state index is 0.211. The number of nitrogens with zero attached hydrogens (tertiary/aromatic N) is 3. The third-order valence-electron chi connectivity index (χ3n) is 4.10. The number of nitrogens with one attached hydrogen (secondary N) is 4. The molecule has 1 aliphatic rings. The van der Waals surface area contributed by atoms with Crippen LogP contribution in [0.1, 0.15) is 5.69 Å². The smallest absolute Gasteiger partial charge is 0.407 e. The normalized spacial score (nSPS) is 16.0. The number of cyclic esters (lactones) is 1. The van der Waals surface area contributed by atoms with Crippen molar-refractivity contribution in [1.82, 2.24) is 30.8 Å². The Kier molecular flexibility index (Phi) is 4.29. The van der Waals surface area contributed by atoms with Crippen molar-refractivity contribution in [3.8, 4) is 11.3 Å². The number of alkyl carbamates (subject to hydrolysis) is 1. The number of pyridine rings is 2. The molecule has 1 saturated heterocycles. The Morgan fingerprint density at radius 2 is 2.26 bits per heavy atom. The number of hydrogen-bond acceptors (Lipinski definition) is 6. The van der Waals surface area contributed by atoms with Gasteiger partial charge in [-0.25, -0.2) is 14.6 Å². The first-order valence-electron chi connectivity index (χ1n) is 8.35. The van der Waals surface area contributed by atoms with E-state index in [1.807, 2.05) is 19.1 Å². The minimum Gasteiger partial charge on any atom is -0.442 e. The standard InChI is InChI=1S/C17H17N7O3/c1-9-4-10(2-3-18-9)15-12-8-19-14(5-13(12)23-24-15)22-16(25)20-6-11-7-21-17(26)27-11/h2-5,8,11H,6-7H2,1H3,(H,21,26)(H,23,24)(H2,19,20,22,25). The van der Waals surface area contributed by atoms with Gasteiger partial charge in [-0.15, -0.1) is 0 Å². The van der Waals surface area contributed by atoms with Gasteiger partial charge in [0, 0.05) is 35.1 Å². The highest BCUT2D eigenvalue weighted by Gasteiger charge is 2.22. The molecule has 10 nitrogen and oxygen atoms in total. The Morgan fingerprint density at radius 1 is 1.37 bits per heavy atom. The Morgan fingerprint density at radius 3 is 3.04 bits per heavy atom. The molecule has 1 aliphatic heterocycles. The van der Waals surface area contributed by atoms with Crippen molar-refractivity contribution in [3.05, 3.63) is 36.3 Å². The van der Waals surface area contributed by atoms with Gasteiger partial charge in [0.1, 0.15) is 17.6 Å².